The average Bonchev–Trinajstić information content (AvgIpc) is 2.84. The number of aryl methyl sites for hydroxylation is 1. The molecule has 7 nitrogen and oxygen atoms in total. The third-order valence-electron chi connectivity index (χ3n) is 6.65. The van der Waals surface area contributed by atoms with Gasteiger partial charge in [0.2, 0.25) is 0 Å². The second-order valence-electron chi connectivity index (χ2n) is 8.74. The molecule has 2 aromatic carbocycles. The molecule has 1 saturated heterocycles. The minimum Gasteiger partial charge on any atom is -0.507 e. The third-order valence-corrected chi connectivity index (χ3v) is 7.00. The number of carbonyl (C=O) groups is 2. The van der Waals surface area contributed by atoms with Crippen LogP contribution in [0.15, 0.2) is 59.6 Å². The van der Waals surface area contributed by atoms with Crippen molar-refractivity contribution in [3.63, 3.8) is 0 Å². The fourth-order valence-corrected chi connectivity index (χ4v) is 5.01. The Morgan fingerprint density at radius 3 is 2.77 bits per heavy atom. The van der Waals surface area contributed by atoms with Crippen LogP contribution >= 0.6 is 11.6 Å². The summed E-state index contributed by atoms with van der Waals surface area (Å²) in [5.74, 6) is -3.77. The Hall–Kier alpha value is -3.43. The molecular formula is C25H22ClF2N3O4. The number of fused-ring (bicyclic) bond motifs is 6. The Kier molecular flexibility index (Phi) is 5.98. The molecule has 1 fully saturated rings. The van der Waals surface area contributed by atoms with Crippen molar-refractivity contribution < 1.29 is 28.6 Å². The van der Waals surface area contributed by atoms with Gasteiger partial charge in [0.25, 0.3) is 11.8 Å². The van der Waals surface area contributed by atoms with Crippen molar-refractivity contribution >= 4 is 29.1 Å². The second-order valence-corrected chi connectivity index (χ2v) is 9.11. The Balaban J connectivity index is 1.42. The van der Waals surface area contributed by atoms with E-state index in [-0.39, 0.29) is 29.4 Å². The lowest BCUT2D eigenvalue weighted by atomic mass is 9.92. The molecule has 2 aromatic rings. The molecule has 35 heavy (non-hydrogen) atoms. The van der Waals surface area contributed by atoms with Crippen LogP contribution in [0.1, 0.15) is 24.0 Å². The number of rotatable bonds is 3. The summed E-state index contributed by atoms with van der Waals surface area (Å²) >= 11 is 5.59. The molecule has 0 saturated carbocycles. The molecule has 0 aliphatic carbocycles. The molecular weight excluding hydrogens is 480 g/mol. The number of para-hydroxylation sites is 1. The molecule has 5 rings (SSSR count). The number of benzene rings is 2. The van der Waals surface area contributed by atoms with E-state index in [2.05, 4.69) is 5.32 Å². The largest absolute Gasteiger partial charge is 0.507 e. The van der Waals surface area contributed by atoms with Crippen LogP contribution in [0.5, 0.6) is 0 Å². The average molecular weight is 502 g/mol. The smallest absolute Gasteiger partial charge is 0.278 e. The zero-order valence-corrected chi connectivity index (χ0v) is 19.2. The van der Waals surface area contributed by atoms with Crippen LogP contribution in [0, 0.1) is 11.6 Å². The van der Waals surface area contributed by atoms with E-state index < -0.39 is 40.3 Å². The minimum atomic E-state index is -1.74. The number of carbonyl (C=O) groups excluding carboxylic acids is 2. The van der Waals surface area contributed by atoms with Crippen LogP contribution in [0.3, 0.4) is 0 Å². The van der Waals surface area contributed by atoms with Crippen LogP contribution < -0.4 is 10.2 Å². The van der Waals surface area contributed by atoms with Crippen LogP contribution in [-0.2, 0) is 22.6 Å². The molecule has 3 aliphatic rings. The summed E-state index contributed by atoms with van der Waals surface area (Å²) in [5.41, 5.74) is 1.50. The Morgan fingerprint density at radius 2 is 1.97 bits per heavy atom. The second kappa shape index (κ2) is 8.98. The van der Waals surface area contributed by atoms with Gasteiger partial charge in [-0.2, -0.15) is 0 Å². The van der Waals surface area contributed by atoms with Crippen molar-refractivity contribution in [1.29, 1.82) is 0 Å². The van der Waals surface area contributed by atoms with E-state index in [9.17, 15) is 28.6 Å². The van der Waals surface area contributed by atoms with Crippen LogP contribution in [0.4, 0.5) is 14.5 Å². The van der Waals surface area contributed by atoms with Crippen molar-refractivity contribution in [3.05, 3.63) is 87.4 Å². The monoisotopic (exact) mass is 501 g/mol. The quantitative estimate of drug-likeness (QED) is 0.561. The molecule has 2 bridgehead atoms. The summed E-state index contributed by atoms with van der Waals surface area (Å²) in [4.78, 5) is 29.4. The molecule has 1 unspecified atom stereocenters. The van der Waals surface area contributed by atoms with Crippen LogP contribution in [-0.4, -0.2) is 45.6 Å². The van der Waals surface area contributed by atoms with E-state index in [1.54, 1.807) is 9.80 Å². The highest BCUT2D eigenvalue weighted by Crippen LogP contribution is 2.37. The SMILES string of the molecule is O=C(NCc1ccc(F)c(Cl)c1F)C1=CN2C(=C(O)C1O)C(=O)N1C[C@@H]2CCCc2ccccc21. The molecule has 0 radical (unpaired) electrons. The van der Waals surface area contributed by atoms with E-state index in [0.717, 1.165) is 36.2 Å². The summed E-state index contributed by atoms with van der Waals surface area (Å²) in [5, 5.41) is 23.3. The highest BCUT2D eigenvalue weighted by Gasteiger charge is 2.44. The molecule has 3 N–H and O–H groups in total. The van der Waals surface area contributed by atoms with Gasteiger partial charge < -0.3 is 25.3 Å². The number of amides is 2. The fourth-order valence-electron chi connectivity index (χ4n) is 4.83. The van der Waals surface area contributed by atoms with Crippen LogP contribution in [0.2, 0.25) is 5.02 Å². The Labute approximate surface area is 204 Å². The van der Waals surface area contributed by atoms with Gasteiger partial charge in [-0.25, -0.2) is 8.78 Å². The van der Waals surface area contributed by atoms with Gasteiger partial charge in [-0.15, -0.1) is 0 Å². The first-order valence-corrected chi connectivity index (χ1v) is 11.6. The maximum atomic E-state index is 14.2. The summed E-state index contributed by atoms with van der Waals surface area (Å²) in [6.45, 7) is 0.0341. The number of nitrogens with zero attached hydrogens (tertiary/aromatic N) is 2. The summed E-state index contributed by atoms with van der Waals surface area (Å²) in [7, 11) is 0. The molecule has 2 atom stereocenters. The number of hydrogen-bond donors (Lipinski definition) is 3. The van der Waals surface area contributed by atoms with Crippen molar-refractivity contribution in [3.8, 4) is 0 Å². The number of piperazine rings is 1. The molecule has 3 aliphatic heterocycles. The lowest BCUT2D eigenvalue weighted by molar-refractivity contribution is -0.121. The predicted octanol–water partition coefficient (Wildman–Crippen LogP) is 3.32. The molecule has 0 spiro atoms. The van der Waals surface area contributed by atoms with Crippen molar-refractivity contribution in [1.82, 2.24) is 10.2 Å². The summed E-state index contributed by atoms with van der Waals surface area (Å²) in [6.07, 6.45) is 1.93. The van der Waals surface area contributed by atoms with E-state index in [4.69, 9.17) is 11.6 Å². The molecule has 3 heterocycles. The molecule has 0 aromatic heterocycles. The molecule has 10 heteroatoms. The number of halogens is 3. The molecule has 182 valence electrons. The zero-order valence-electron chi connectivity index (χ0n) is 18.5. The number of anilines is 1. The van der Waals surface area contributed by atoms with E-state index in [1.165, 1.54) is 6.20 Å². The van der Waals surface area contributed by atoms with Crippen molar-refractivity contribution in [2.24, 2.45) is 0 Å². The first-order valence-electron chi connectivity index (χ1n) is 11.2. The lowest BCUT2D eigenvalue weighted by Gasteiger charge is -2.46. The zero-order chi connectivity index (χ0) is 24.9. The van der Waals surface area contributed by atoms with E-state index >= 15 is 0 Å². The number of nitrogens with one attached hydrogen (secondary N) is 1. The lowest BCUT2D eigenvalue weighted by Crippen LogP contribution is -2.56. The minimum absolute atomic E-state index is 0.0430. The van der Waals surface area contributed by atoms with Gasteiger partial charge in [-0.3, -0.25) is 9.59 Å². The van der Waals surface area contributed by atoms with Gasteiger partial charge in [0.15, 0.2) is 5.76 Å². The van der Waals surface area contributed by atoms with Crippen LogP contribution in [0.25, 0.3) is 0 Å². The number of hydrogen-bond acceptors (Lipinski definition) is 5. The summed E-state index contributed by atoms with van der Waals surface area (Å²) in [6, 6.07) is 9.51. The van der Waals surface area contributed by atoms with Gasteiger partial charge in [0, 0.05) is 30.5 Å². The molecule has 2 amide bonds. The first-order chi connectivity index (χ1) is 16.8. The fraction of sp³-hybridized carbons (Fsp3) is 0.280. The Bertz CT molecular complexity index is 1300. The maximum absolute atomic E-state index is 14.2. The number of aliphatic hydroxyl groups excluding tert-OH is 2. The van der Waals surface area contributed by atoms with E-state index in [1.807, 2.05) is 24.3 Å². The van der Waals surface area contributed by atoms with E-state index in [0.29, 0.717) is 13.0 Å². The topological polar surface area (TPSA) is 93.1 Å². The van der Waals surface area contributed by atoms with Gasteiger partial charge in [-0.05, 0) is 37.0 Å². The number of aliphatic hydroxyl groups is 2. The highest BCUT2D eigenvalue weighted by molar-refractivity contribution is 6.31. The van der Waals surface area contributed by atoms with Crippen molar-refractivity contribution in [2.45, 2.75) is 38.0 Å². The van der Waals surface area contributed by atoms with Crippen molar-refractivity contribution in [2.75, 3.05) is 11.4 Å². The standard InChI is InChI=1S/C25H22ClF2N3O4/c26-19-17(27)9-8-14(20(19)28)10-29-24(34)16-12-30-15-6-3-5-13-4-1-2-7-18(13)31(11-15)25(35)21(30)23(33)22(16)32/h1-2,4,7-9,12,15,22,32-33H,3,5-6,10-11H2,(H,29,34)/t15-,22?/m0/s1. The highest BCUT2D eigenvalue weighted by atomic mass is 35.5. The maximum Gasteiger partial charge on any atom is 0.278 e. The predicted molar refractivity (Wildman–Crippen MR) is 124 cm³/mol. The van der Waals surface area contributed by atoms with Gasteiger partial charge >= 0.3 is 0 Å². The van der Waals surface area contributed by atoms with Gasteiger partial charge in [0.05, 0.1) is 11.6 Å². The van der Waals surface area contributed by atoms with Gasteiger partial charge in [0.1, 0.15) is 28.5 Å². The van der Waals surface area contributed by atoms with Gasteiger partial charge in [-0.1, -0.05) is 35.9 Å². The Morgan fingerprint density at radius 1 is 1.20 bits per heavy atom. The summed E-state index contributed by atoms with van der Waals surface area (Å²) < 4.78 is 27.6. The first kappa shape index (κ1) is 23.3. The third kappa shape index (κ3) is 3.94. The normalized spacial score (nSPS) is 21.6.